The van der Waals surface area contributed by atoms with Crippen molar-refractivity contribution in [2.45, 2.75) is 34.1 Å². The lowest BCUT2D eigenvalue weighted by molar-refractivity contribution is -0.134. The van der Waals surface area contributed by atoms with Crippen LogP contribution < -0.4 is 0 Å². The number of hydrogen-bond acceptors (Lipinski definition) is 3. The molecule has 3 nitrogen and oxygen atoms in total. The van der Waals surface area contributed by atoms with Crippen molar-refractivity contribution in [2.75, 3.05) is 0 Å². The van der Waals surface area contributed by atoms with Gasteiger partial charge in [0, 0.05) is 18.5 Å². The minimum atomic E-state index is -0.833. The Balaban J connectivity index is 0. The Morgan fingerprint density at radius 1 is 1.62 bits per heavy atom. The summed E-state index contributed by atoms with van der Waals surface area (Å²) in [7, 11) is 0. The smallest absolute Gasteiger partial charge is 0.300 e. The van der Waals surface area contributed by atoms with Crippen LogP contribution in [0.4, 0.5) is 0 Å². The molecular formula is C9H17NO2S. The highest BCUT2D eigenvalue weighted by Crippen LogP contribution is 2.02. The van der Waals surface area contributed by atoms with E-state index in [-0.39, 0.29) is 0 Å². The van der Waals surface area contributed by atoms with Gasteiger partial charge in [0.2, 0.25) is 0 Å². The number of hydrogen-bond donors (Lipinski definition) is 1. The monoisotopic (exact) mass is 203 g/mol. The van der Waals surface area contributed by atoms with Gasteiger partial charge in [-0.05, 0) is 6.42 Å². The van der Waals surface area contributed by atoms with Gasteiger partial charge in [-0.1, -0.05) is 20.8 Å². The summed E-state index contributed by atoms with van der Waals surface area (Å²) in [6, 6.07) is 0. The van der Waals surface area contributed by atoms with E-state index in [1.54, 1.807) is 11.3 Å². The van der Waals surface area contributed by atoms with Crippen LogP contribution in [0.3, 0.4) is 0 Å². The predicted octanol–water partition coefficient (Wildman–Crippen LogP) is 2.82. The number of aryl methyl sites for hydroxylation is 1. The third-order valence-corrected chi connectivity index (χ3v) is 1.71. The molecule has 0 radical (unpaired) electrons. The van der Waals surface area contributed by atoms with Gasteiger partial charge in [-0.25, -0.2) is 4.98 Å². The molecule has 0 spiro atoms. The number of aliphatic carboxylic acids is 1. The maximum absolute atomic E-state index is 9.00. The fourth-order valence-electron chi connectivity index (χ4n) is 0.428. The SMILES string of the molecule is CC.CC(=O)O.CCc1nccs1. The van der Waals surface area contributed by atoms with E-state index in [9.17, 15) is 0 Å². The molecule has 0 aliphatic carbocycles. The molecule has 13 heavy (non-hydrogen) atoms. The van der Waals surface area contributed by atoms with Gasteiger partial charge in [0.15, 0.2) is 0 Å². The highest BCUT2D eigenvalue weighted by atomic mass is 32.1. The summed E-state index contributed by atoms with van der Waals surface area (Å²) in [5.74, 6) is -0.833. The van der Waals surface area contributed by atoms with E-state index in [1.165, 1.54) is 5.01 Å². The minimum absolute atomic E-state index is 0.833. The average Bonchev–Trinajstić information content (AvgIpc) is 2.58. The van der Waals surface area contributed by atoms with Gasteiger partial charge in [0.25, 0.3) is 5.97 Å². The molecular weight excluding hydrogens is 186 g/mol. The summed E-state index contributed by atoms with van der Waals surface area (Å²) in [6.45, 7) is 7.19. The Morgan fingerprint density at radius 2 is 2.08 bits per heavy atom. The largest absolute Gasteiger partial charge is 0.481 e. The van der Waals surface area contributed by atoms with Crippen molar-refractivity contribution < 1.29 is 9.90 Å². The third kappa shape index (κ3) is 14.0. The molecule has 0 fully saturated rings. The van der Waals surface area contributed by atoms with E-state index in [0.717, 1.165) is 13.3 Å². The molecule has 1 aromatic rings. The van der Waals surface area contributed by atoms with Crippen LogP contribution in [-0.2, 0) is 11.2 Å². The van der Waals surface area contributed by atoms with Crippen LogP contribution in [0.2, 0.25) is 0 Å². The lowest BCUT2D eigenvalue weighted by atomic mass is 10.5. The maximum atomic E-state index is 9.00. The van der Waals surface area contributed by atoms with E-state index in [2.05, 4.69) is 11.9 Å². The third-order valence-electron chi connectivity index (χ3n) is 0.786. The highest BCUT2D eigenvalue weighted by molar-refractivity contribution is 7.09. The van der Waals surface area contributed by atoms with Crippen molar-refractivity contribution in [1.29, 1.82) is 0 Å². The molecule has 0 bridgehead atoms. The number of aromatic nitrogens is 1. The van der Waals surface area contributed by atoms with Gasteiger partial charge in [-0.2, -0.15) is 0 Å². The Bertz CT molecular complexity index is 193. The Morgan fingerprint density at radius 3 is 2.23 bits per heavy atom. The summed E-state index contributed by atoms with van der Waals surface area (Å²) in [5.41, 5.74) is 0. The molecule has 0 saturated carbocycles. The topological polar surface area (TPSA) is 50.2 Å². The predicted molar refractivity (Wildman–Crippen MR) is 56.1 cm³/mol. The molecule has 1 heterocycles. The molecule has 0 aliphatic rings. The number of carboxylic acid groups (broad SMARTS) is 1. The molecule has 4 heteroatoms. The van der Waals surface area contributed by atoms with E-state index >= 15 is 0 Å². The van der Waals surface area contributed by atoms with Crippen molar-refractivity contribution in [1.82, 2.24) is 4.98 Å². The second-order valence-electron chi connectivity index (χ2n) is 1.80. The van der Waals surface area contributed by atoms with E-state index < -0.39 is 5.97 Å². The van der Waals surface area contributed by atoms with Gasteiger partial charge in [0.05, 0.1) is 5.01 Å². The molecule has 0 unspecified atom stereocenters. The fourth-order valence-corrected chi connectivity index (χ4v) is 0.995. The molecule has 0 aromatic carbocycles. The number of rotatable bonds is 1. The minimum Gasteiger partial charge on any atom is -0.481 e. The van der Waals surface area contributed by atoms with Gasteiger partial charge in [-0.3, -0.25) is 4.79 Å². The first kappa shape index (κ1) is 14.6. The number of nitrogens with zero attached hydrogens (tertiary/aromatic N) is 1. The van der Waals surface area contributed by atoms with Crippen molar-refractivity contribution >= 4 is 17.3 Å². The quantitative estimate of drug-likeness (QED) is 0.763. The van der Waals surface area contributed by atoms with Crippen LogP contribution in [0.25, 0.3) is 0 Å². The summed E-state index contributed by atoms with van der Waals surface area (Å²) < 4.78 is 0. The molecule has 0 saturated heterocycles. The van der Waals surface area contributed by atoms with Crippen LogP contribution >= 0.6 is 11.3 Å². The van der Waals surface area contributed by atoms with Crippen LogP contribution in [-0.4, -0.2) is 16.1 Å². The Hall–Kier alpha value is -0.900. The zero-order valence-corrected chi connectivity index (χ0v) is 9.39. The van der Waals surface area contributed by atoms with Crippen LogP contribution in [0.15, 0.2) is 11.6 Å². The Labute approximate surface area is 83.4 Å². The molecule has 1 N–H and O–H groups in total. The number of thiazole rings is 1. The standard InChI is InChI=1S/C5H7NS.C2H4O2.C2H6/c1-2-5-6-3-4-7-5;1-2(3)4;1-2/h3-4H,2H2,1H3;1H3,(H,3,4);1-2H3. The van der Waals surface area contributed by atoms with Crippen LogP contribution in [0.1, 0.15) is 32.7 Å². The van der Waals surface area contributed by atoms with Gasteiger partial charge in [-0.15, -0.1) is 11.3 Å². The van der Waals surface area contributed by atoms with Crippen LogP contribution in [0.5, 0.6) is 0 Å². The van der Waals surface area contributed by atoms with Crippen molar-refractivity contribution in [3.8, 4) is 0 Å². The molecule has 0 aliphatic heterocycles. The molecule has 1 aromatic heterocycles. The molecule has 0 amide bonds. The molecule has 0 atom stereocenters. The van der Waals surface area contributed by atoms with E-state index in [4.69, 9.17) is 9.90 Å². The van der Waals surface area contributed by atoms with Crippen molar-refractivity contribution in [2.24, 2.45) is 0 Å². The summed E-state index contributed by atoms with van der Waals surface area (Å²) in [6.07, 6.45) is 2.90. The second kappa shape index (κ2) is 11.1. The first-order valence-electron chi connectivity index (χ1n) is 4.24. The number of carbonyl (C=O) groups is 1. The van der Waals surface area contributed by atoms with Crippen molar-refractivity contribution in [3.63, 3.8) is 0 Å². The van der Waals surface area contributed by atoms with Gasteiger partial charge < -0.3 is 5.11 Å². The van der Waals surface area contributed by atoms with E-state index in [1.807, 2.05) is 25.4 Å². The second-order valence-corrected chi connectivity index (χ2v) is 2.78. The molecule has 1 rings (SSSR count). The first-order valence-corrected chi connectivity index (χ1v) is 5.12. The lowest BCUT2D eigenvalue weighted by Gasteiger charge is -1.77. The fraction of sp³-hybridized carbons (Fsp3) is 0.556. The zero-order chi connectivity index (χ0) is 10.7. The van der Waals surface area contributed by atoms with Gasteiger partial charge >= 0.3 is 0 Å². The van der Waals surface area contributed by atoms with Crippen molar-refractivity contribution in [3.05, 3.63) is 16.6 Å². The molecule has 76 valence electrons. The summed E-state index contributed by atoms with van der Waals surface area (Å²) in [5, 5.41) is 10.6. The number of carboxylic acids is 1. The van der Waals surface area contributed by atoms with E-state index in [0.29, 0.717) is 0 Å². The zero-order valence-electron chi connectivity index (χ0n) is 8.57. The maximum Gasteiger partial charge on any atom is 0.300 e. The average molecular weight is 203 g/mol. The summed E-state index contributed by atoms with van der Waals surface area (Å²) in [4.78, 5) is 13.1. The normalized spacial score (nSPS) is 7.38. The Kier molecular flexibility index (Phi) is 12.5. The van der Waals surface area contributed by atoms with Crippen LogP contribution in [0, 0.1) is 0 Å². The first-order chi connectivity index (χ1) is 6.16. The summed E-state index contributed by atoms with van der Waals surface area (Å²) >= 11 is 1.71. The highest BCUT2D eigenvalue weighted by Gasteiger charge is 1.84. The lowest BCUT2D eigenvalue weighted by Crippen LogP contribution is -1.78. The van der Waals surface area contributed by atoms with Gasteiger partial charge in [0.1, 0.15) is 0 Å².